The van der Waals surface area contributed by atoms with E-state index in [2.05, 4.69) is 32.9 Å². The largest absolute Gasteiger partial charge is 0.507 e. The Bertz CT molecular complexity index is 743. The first-order chi connectivity index (χ1) is 10.6. The Hall–Kier alpha value is -1.98. The molecule has 0 saturated carbocycles. The highest BCUT2D eigenvalue weighted by Gasteiger charge is 2.20. The van der Waals surface area contributed by atoms with Crippen LogP contribution >= 0.6 is 15.9 Å². The molecule has 0 amide bonds. The molecule has 0 spiro atoms. The van der Waals surface area contributed by atoms with Crippen molar-refractivity contribution in [1.82, 2.24) is 10.9 Å². The zero-order valence-electron chi connectivity index (χ0n) is 12.4. The van der Waals surface area contributed by atoms with Crippen molar-refractivity contribution < 1.29 is 9.84 Å². The van der Waals surface area contributed by atoms with E-state index in [0.29, 0.717) is 0 Å². The molecule has 0 aliphatic carbocycles. The number of hydrogen-bond acceptors (Lipinski definition) is 4. The molecule has 114 valence electrons. The van der Waals surface area contributed by atoms with E-state index in [4.69, 9.17) is 4.74 Å². The summed E-state index contributed by atoms with van der Waals surface area (Å²) in [6, 6.07) is 11.5. The fourth-order valence-corrected chi connectivity index (χ4v) is 3.04. The molecule has 2 aromatic carbocycles. The first-order valence-corrected chi connectivity index (χ1v) is 7.74. The van der Waals surface area contributed by atoms with Crippen LogP contribution in [0.5, 0.6) is 11.5 Å². The van der Waals surface area contributed by atoms with Crippen LogP contribution in [0.25, 0.3) is 5.70 Å². The van der Waals surface area contributed by atoms with E-state index in [0.717, 1.165) is 32.6 Å². The average molecular weight is 361 g/mol. The van der Waals surface area contributed by atoms with Crippen LogP contribution in [0.15, 0.2) is 46.9 Å². The minimum absolute atomic E-state index is 0.0251. The first kappa shape index (κ1) is 14.9. The number of nitrogens with one attached hydrogen (secondary N) is 2. The highest BCUT2D eigenvalue weighted by atomic mass is 79.9. The third-order valence-electron chi connectivity index (χ3n) is 3.67. The molecule has 0 saturated heterocycles. The molecule has 1 heterocycles. The number of benzene rings is 2. The first-order valence-electron chi connectivity index (χ1n) is 6.95. The second-order valence-corrected chi connectivity index (χ2v) is 6.10. The van der Waals surface area contributed by atoms with Gasteiger partial charge in [-0.25, -0.2) is 5.43 Å². The van der Waals surface area contributed by atoms with E-state index in [-0.39, 0.29) is 11.8 Å². The van der Waals surface area contributed by atoms with Crippen LogP contribution in [0.1, 0.15) is 22.7 Å². The Balaban J connectivity index is 1.91. The van der Waals surface area contributed by atoms with E-state index in [1.165, 1.54) is 0 Å². The van der Waals surface area contributed by atoms with Crippen molar-refractivity contribution in [2.45, 2.75) is 13.0 Å². The van der Waals surface area contributed by atoms with Crippen LogP contribution in [0.4, 0.5) is 0 Å². The predicted octanol–water partition coefficient (Wildman–Crippen LogP) is 3.66. The Kier molecular flexibility index (Phi) is 4.09. The third kappa shape index (κ3) is 2.82. The van der Waals surface area contributed by atoms with Crippen molar-refractivity contribution in [3.8, 4) is 11.5 Å². The Morgan fingerprint density at radius 3 is 2.73 bits per heavy atom. The van der Waals surface area contributed by atoms with Gasteiger partial charge in [0.2, 0.25) is 0 Å². The molecular formula is C17H17BrN2O2. The van der Waals surface area contributed by atoms with Crippen LogP contribution in [-0.2, 0) is 0 Å². The van der Waals surface area contributed by atoms with E-state index < -0.39 is 0 Å². The van der Waals surface area contributed by atoms with Gasteiger partial charge in [-0.3, -0.25) is 0 Å². The van der Waals surface area contributed by atoms with Crippen molar-refractivity contribution in [3.05, 3.63) is 63.6 Å². The van der Waals surface area contributed by atoms with Crippen LogP contribution in [-0.4, -0.2) is 12.2 Å². The van der Waals surface area contributed by atoms with Crippen molar-refractivity contribution in [2.24, 2.45) is 0 Å². The zero-order valence-corrected chi connectivity index (χ0v) is 13.9. The number of hydrogen-bond donors (Lipinski definition) is 3. The van der Waals surface area contributed by atoms with Gasteiger partial charge in [-0.1, -0.05) is 17.7 Å². The summed E-state index contributed by atoms with van der Waals surface area (Å²) in [7, 11) is 1.65. The number of rotatable bonds is 3. The lowest BCUT2D eigenvalue weighted by Gasteiger charge is -2.11. The minimum Gasteiger partial charge on any atom is -0.507 e. The van der Waals surface area contributed by atoms with E-state index in [1.807, 2.05) is 37.3 Å². The van der Waals surface area contributed by atoms with Gasteiger partial charge in [0.15, 0.2) is 0 Å². The van der Waals surface area contributed by atoms with Crippen molar-refractivity contribution in [2.75, 3.05) is 7.11 Å². The summed E-state index contributed by atoms with van der Waals surface area (Å²) < 4.78 is 6.16. The molecule has 0 radical (unpaired) electrons. The van der Waals surface area contributed by atoms with Crippen molar-refractivity contribution >= 4 is 21.6 Å². The molecule has 0 bridgehead atoms. The number of aromatic hydroxyl groups is 1. The molecule has 3 rings (SSSR count). The van der Waals surface area contributed by atoms with E-state index >= 15 is 0 Å². The monoisotopic (exact) mass is 360 g/mol. The molecule has 0 aromatic heterocycles. The minimum atomic E-state index is 0.0251. The normalized spacial score (nSPS) is 17.0. The lowest BCUT2D eigenvalue weighted by Crippen LogP contribution is -2.26. The number of phenolic OH excluding ortho intramolecular Hbond substituents is 1. The van der Waals surface area contributed by atoms with Crippen LogP contribution in [0.3, 0.4) is 0 Å². The maximum Gasteiger partial charge on any atom is 0.133 e. The third-order valence-corrected chi connectivity index (χ3v) is 4.29. The van der Waals surface area contributed by atoms with Gasteiger partial charge in [0.25, 0.3) is 0 Å². The number of methoxy groups -OCH3 is 1. The number of hydrazine groups is 1. The average Bonchev–Trinajstić information content (AvgIpc) is 2.99. The van der Waals surface area contributed by atoms with Crippen LogP contribution in [0, 0.1) is 6.92 Å². The molecule has 22 heavy (non-hydrogen) atoms. The molecule has 3 N–H and O–H groups in total. The van der Waals surface area contributed by atoms with Crippen molar-refractivity contribution in [1.29, 1.82) is 0 Å². The van der Waals surface area contributed by atoms with Crippen LogP contribution in [0.2, 0.25) is 0 Å². The molecule has 4 nitrogen and oxygen atoms in total. The van der Waals surface area contributed by atoms with Gasteiger partial charge in [-0.05, 0) is 58.8 Å². The Labute approximate surface area is 137 Å². The highest BCUT2D eigenvalue weighted by Crippen LogP contribution is 2.33. The maximum atomic E-state index is 10.0. The standard InChI is InChI=1S/C17H17BrN2O2/c1-10-3-5-16(21)12(7-10)15-9-14(19-20-15)11-4-6-17(22-2)13(18)8-11/h3-9,14,19-21H,1-2H3. The molecule has 0 fully saturated rings. The predicted molar refractivity (Wildman–Crippen MR) is 90.5 cm³/mol. The summed E-state index contributed by atoms with van der Waals surface area (Å²) in [5.41, 5.74) is 10.2. The second kappa shape index (κ2) is 6.02. The summed E-state index contributed by atoms with van der Waals surface area (Å²) in [6.45, 7) is 2.00. The highest BCUT2D eigenvalue weighted by molar-refractivity contribution is 9.10. The van der Waals surface area contributed by atoms with Crippen LogP contribution < -0.4 is 15.6 Å². The number of phenols is 1. The molecule has 1 atom stereocenters. The number of aryl methyl sites for hydroxylation is 1. The van der Waals surface area contributed by atoms with E-state index in [9.17, 15) is 5.11 Å². The smallest absolute Gasteiger partial charge is 0.133 e. The van der Waals surface area contributed by atoms with Gasteiger partial charge in [-0.2, -0.15) is 0 Å². The fraction of sp³-hybridized carbons (Fsp3) is 0.176. The van der Waals surface area contributed by atoms with Gasteiger partial charge >= 0.3 is 0 Å². The summed E-state index contributed by atoms with van der Waals surface area (Å²) in [5, 5.41) is 10.0. The lowest BCUT2D eigenvalue weighted by molar-refractivity contribution is 0.412. The molecule has 1 aliphatic rings. The molecule has 2 aromatic rings. The van der Waals surface area contributed by atoms with Crippen molar-refractivity contribution in [3.63, 3.8) is 0 Å². The topological polar surface area (TPSA) is 53.5 Å². The summed E-state index contributed by atoms with van der Waals surface area (Å²) >= 11 is 3.50. The summed E-state index contributed by atoms with van der Waals surface area (Å²) in [5.74, 6) is 1.07. The molecule has 1 unspecified atom stereocenters. The quantitative estimate of drug-likeness (QED) is 0.781. The summed E-state index contributed by atoms with van der Waals surface area (Å²) in [6.07, 6.45) is 2.06. The van der Waals surface area contributed by atoms with Gasteiger partial charge in [0, 0.05) is 5.56 Å². The number of halogens is 1. The zero-order chi connectivity index (χ0) is 15.7. The van der Waals surface area contributed by atoms with Gasteiger partial charge in [0.05, 0.1) is 23.3 Å². The van der Waals surface area contributed by atoms with Gasteiger partial charge in [-0.15, -0.1) is 0 Å². The van der Waals surface area contributed by atoms with E-state index in [1.54, 1.807) is 13.2 Å². The molecule has 1 aliphatic heterocycles. The second-order valence-electron chi connectivity index (χ2n) is 5.24. The Morgan fingerprint density at radius 1 is 1.18 bits per heavy atom. The maximum absolute atomic E-state index is 10.0. The molecule has 5 heteroatoms. The lowest BCUT2D eigenvalue weighted by atomic mass is 10.0. The SMILES string of the molecule is COc1ccc(C2C=C(c3cc(C)ccc3O)NN2)cc1Br. The van der Waals surface area contributed by atoms with Gasteiger partial charge in [0.1, 0.15) is 11.5 Å². The molecular weight excluding hydrogens is 344 g/mol. The fourth-order valence-electron chi connectivity index (χ4n) is 2.48. The number of ether oxygens (including phenoxy) is 1. The van der Waals surface area contributed by atoms with Gasteiger partial charge < -0.3 is 15.3 Å². The Morgan fingerprint density at radius 2 is 2.00 bits per heavy atom. The summed E-state index contributed by atoms with van der Waals surface area (Å²) in [4.78, 5) is 0.